The Kier molecular flexibility index (Phi) is 2.99. The van der Waals surface area contributed by atoms with Crippen LogP contribution in [0.2, 0.25) is 0 Å². The van der Waals surface area contributed by atoms with Crippen molar-refractivity contribution in [2.75, 3.05) is 0 Å². The summed E-state index contributed by atoms with van der Waals surface area (Å²) in [5.74, 6) is 1.95. The average molecular weight is 236 g/mol. The molecule has 3 rings (SSSR count). The highest BCUT2D eigenvalue weighted by molar-refractivity contribution is 7.09. The smallest absolute Gasteiger partial charge is 0.109 e. The number of nitrogens with zero attached hydrogens (tertiary/aromatic N) is 1. The molecule has 2 aliphatic rings. The predicted octanol–water partition coefficient (Wildman–Crippen LogP) is 3.37. The van der Waals surface area contributed by atoms with Crippen molar-refractivity contribution in [1.29, 1.82) is 0 Å². The predicted molar refractivity (Wildman–Crippen MR) is 67.5 cm³/mol. The van der Waals surface area contributed by atoms with Crippen molar-refractivity contribution in [3.8, 4) is 0 Å². The normalized spacial score (nSPS) is 22.6. The van der Waals surface area contributed by atoms with Crippen LogP contribution in [-0.4, -0.2) is 11.0 Å². The molecule has 1 N–H and O–H groups in total. The van der Waals surface area contributed by atoms with Crippen LogP contribution in [-0.2, 0) is 0 Å². The third kappa shape index (κ3) is 2.30. The van der Waals surface area contributed by atoms with E-state index in [2.05, 4.69) is 22.6 Å². The van der Waals surface area contributed by atoms with E-state index in [1.165, 1.54) is 30.7 Å². The van der Waals surface area contributed by atoms with Crippen LogP contribution >= 0.6 is 11.3 Å². The molecule has 0 aliphatic heterocycles. The Balaban J connectivity index is 1.66. The number of aromatic nitrogens is 1. The van der Waals surface area contributed by atoms with E-state index in [-0.39, 0.29) is 0 Å². The minimum atomic E-state index is 0.492. The van der Waals surface area contributed by atoms with Gasteiger partial charge in [0.05, 0.1) is 6.04 Å². The molecule has 0 bridgehead atoms. The maximum absolute atomic E-state index is 4.46. The molecule has 0 saturated heterocycles. The van der Waals surface area contributed by atoms with Crippen molar-refractivity contribution in [1.82, 2.24) is 10.3 Å². The summed E-state index contributed by atoms with van der Waals surface area (Å²) in [6.07, 6.45) is 8.87. The van der Waals surface area contributed by atoms with Crippen molar-refractivity contribution < 1.29 is 0 Å². The second kappa shape index (κ2) is 4.46. The molecule has 1 aromatic heterocycles. The van der Waals surface area contributed by atoms with Gasteiger partial charge in [0.25, 0.3) is 0 Å². The molecule has 16 heavy (non-hydrogen) atoms. The highest BCUT2D eigenvalue weighted by Crippen LogP contribution is 2.45. The average Bonchev–Trinajstić information content (AvgIpc) is 3.21. The molecule has 1 unspecified atom stereocenters. The summed E-state index contributed by atoms with van der Waals surface area (Å²) in [7, 11) is 0. The van der Waals surface area contributed by atoms with Gasteiger partial charge in [-0.3, -0.25) is 0 Å². The lowest BCUT2D eigenvalue weighted by Crippen LogP contribution is -2.36. The largest absolute Gasteiger partial charge is 0.305 e. The Labute approximate surface area is 101 Å². The van der Waals surface area contributed by atoms with Gasteiger partial charge in [-0.1, -0.05) is 6.92 Å². The van der Waals surface area contributed by atoms with Crippen LogP contribution in [0.15, 0.2) is 11.6 Å². The van der Waals surface area contributed by atoms with Gasteiger partial charge in [-0.15, -0.1) is 11.3 Å². The molecule has 0 radical (unpaired) electrons. The van der Waals surface area contributed by atoms with Gasteiger partial charge in [0.2, 0.25) is 0 Å². The molecule has 0 amide bonds. The second-order valence-corrected chi connectivity index (χ2v) is 6.12. The van der Waals surface area contributed by atoms with Crippen molar-refractivity contribution in [2.45, 2.75) is 51.1 Å². The van der Waals surface area contributed by atoms with Crippen molar-refractivity contribution in [3.05, 3.63) is 16.6 Å². The summed E-state index contributed by atoms with van der Waals surface area (Å²) in [6.45, 7) is 2.26. The SMILES string of the molecule is CCC(NC(C1CC1)C1CC1)c1nccs1. The van der Waals surface area contributed by atoms with Crippen molar-refractivity contribution in [3.63, 3.8) is 0 Å². The van der Waals surface area contributed by atoms with Crippen LogP contribution in [0.5, 0.6) is 0 Å². The van der Waals surface area contributed by atoms with Gasteiger partial charge in [0.15, 0.2) is 0 Å². The van der Waals surface area contributed by atoms with Gasteiger partial charge >= 0.3 is 0 Å². The number of rotatable bonds is 6. The molecular formula is C13H20N2S. The number of hydrogen-bond donors (Lipinski definition) is 1. The van der Waals surface area contributed by atoms with E-state index < -0.39 is 0 Å². The molecule has 1 heterocycles. The lowest BCUT2D eigenvalue weighted by molar-refractivity contribution is 0.358. The third-order valence-corrected chi connectivity index (χ3v) is 4.70. The summed E-state index contributed by atoms with van der Waals surface area (Å²) in [5, 5.41) is 7.24. The third-order valence-electron chi connectivity index (χ3n) is 3.81. The highest BCUT2D eigenvalue weighted by Gasteiger charge is 2.42. The van der Waals surface area contributed by atoms with E-state index in [0.29, 0.717) is 6.04 Å². The van der Waals surface area contributed by atoms with Crippen LogP contribution in [0.3, 0.4) is 0 Å². The maximum atomic E-state index is 4.46. The monoisotopic (exact) mass is 236 g/mol. The van der Waals surface area contributed by atoms with Crippen LogP contribution in [0, 0.1) is 11.8 Å². The minimum absolute atomic E-state index is 0.492. The lowest BCUT2D eigenvalue weighted by Gasteiger charge is -2.23. The molecule has 2 fully saturated rings. The van der Waals surface area contributed by atoms with Gasteiger partial charge in [-0.25, -0.2) is 4.98 Å². The Hall–Kier alpha value is -0.410. The summed E-state index contributed by atoms with van der Waals surface area (Å²) in [6, 6.07) is 1.28. The number of thiazole rings is 1. The minimum Gasteiger partial charge on any atom is -0.305 e. The van der Waals surface area contributed by atoms with E-state index in [9.17, 15) is 0 Å². The zero-order valence-electron chi connectivity index (χ0n) is 9.86. The Morgan fingerprint density at radius 3 is 2.50 bits per heavy atom. The fourth-order valence-electron chi connectivity index (χ4n) is 2.57. The molecule has 0 spiro atoms. The molecule has 2 aliphatic carbocycles. The maximum Gasteiger partial charge on any atom is 0.109 e. The summed E-state index contributed by atoms with van der Waals surface area (Å²) in [5.41, 5.74) is 0. The molecule has 0 aromatic carbocycles. The van der Waals surface area contributed by atoms with Crippen LogP contribution < -0.4 is 5.32 Å². The standard InChI is InChI=1S/C13H20N2S/c1-2-11(13-14-7-8-16-13)15-12(9-3-4-9)10-5-6-10/h7-12,15H,2-6H2,1H3. The molecule has 1 aromatic rings. The summed E-state index contributed by atoms with van der Waals surface area (Å²) >= 11 is 1.79. The number of hydrogen-bond acceptors (Lipinski definition) is 3. The first-order valence-corrected chi connectivity index (χ1v) is 7.42. The van der Waals surface area contributed by atoms with Crippen LogP contribution in [0.1, 0.15) is 50.1 Å². The lowest BCUT2D eigenvalue weighted by atomic mass is 10.1. The first-order valence-electron chi connectivity index (χ1n) is 6.54. The topological polar surface area (TPSA) is 24.9 Å². The first kappa shape index (κ1) is 10.7. The van der Waals surface area contributed by atoms with Gasteiger partial charge < -0.3 is 5.32 Å². The molecular weight excluding hydrogens is 216 g/mol. The fourth-order valence-corrected chi connectivity index (χ4v) is 3.35. The highest BCUT2D eigenvalue weighted by atomic mass is 32.1. The first-order chi connectivity index (χ1) is 7.88. The molecule has 88 valence electrons. The Morgan fingerprint density at radius 2 is 2.06 bits per heavy atom. The molecule has 1 atom stereocenters. The van der Waals surface area contributed by atoms with Crippen LogP contribution in [0.25, 0.3) is 0 Å². The van der Waals surface area contributed by atoms with Crippen LogP contribution in [0.4, 0.5) is 0 Å². The second-order valence-electron chi connectivity index (χ2n) is 5.20. The van der Waals surface area contributed by atoms with E-state index >= 15 is 0 Å². The fraction of sp³-hybridized carbons (Fsp3) is 0.769. The van der Waals surface area contributed by atoms with E-state index in [0.717, 1.165) is 24.3 Å². The zero-order chi connectivity index (χ0) is 11.0. The van der Waals surface area contributed by atoms with Crippen molar-refractivity contribution >= 4 is 11.3 Å². The molecule has 2 nitrogen and oxygen atoms in total. The molecule has 3 heteroatoms. The zero-order valence-corrected chi connectivity index (χ0v) is 10.7. The quantitative estimate of drug-likeness (QED) is 0.819. The summed E-state index contributed by atoms with van der Waals surface area (Å²) in [4.78, 5) is 4.46. The van der Waals surface area contributed by atoms with E-state index in [1.54, 1.807) is 11.3 Å². The summed E-state index contributed by atoms with van der Waals surface area (Å²) < 4.78 is 0. The van der Waals surface area contributed by atoms with E-state index in [1.807, 2.05) is 6.20 Å². The Morgan fingerprint density at radius 1 is 1.38 bits per heavy atom. The van der Waals surface area contributed by atoms with Gasteiger partial charge in [-0.05, 0) is 43.9 Å². The van der Waals surface area contributed by atoms with Gasteiger partial charge in [-0.2, -0.15) is 0 Å². The number of nitrogens with one attached hydrogen (secondary N) is 1. The van der Waals surface area contributed by atoms with Crippen molar-refractivity contribution in [2.24, 2.45) is 11.8 Å². The van der Waals surface area contributed by atoms with Gasteiger partial charge in [0, 0.05) is 17.6 Å². The Bertz CT molecular complexity index is 316. The van der Waals surface area contributed by atoms with E-state index in [4.69, 9.17) is 0 Å². The molecule has 2 saturated carbocycles. The van der Waals surface area contributed by atoms with Gasteiger partial charge in [0.1, 0.15) is 5.01 Å².